The summed E-state index contributed by atoms with van der Waals surface area (Å²) in [4.78, 5) is 12.1. The second-order valence-corrected chi connectivity index (χ2v) is 7.06. The minimum atomic E-state index is -0.222. The van der Waals surface area contributed by atoms with Gasteiger partial charge in [-0.25, -0.2) is 4.68 Å². The van der Waals surface area contributed by atoms with Crippen LogP contribution in [0.4, 0.5) is 5.69 Å². The lowest BCUT2D eigenvalue weighted by atomic mass is 10.2. The Labute approximate surface area is 130 Å². The normalized spacial score (nSPS) is 12.7. The third-order valence-corrected chi connectivity index (χ3v) is 4.12. The molecule has 1 unspecified atom stereocenters. The zero-order chi connectivity index (χ0) is 15.1. The van der Waals surface area contributed by atoms with Crippen LogP contribution in [0.25, 0.3) is 0 Å². The van der Waals surface area contributed by atoms with Crippen molar-refractivity contribution in [2.24, 2.45) is 5.92 Å². The predicted octanol–water partition coefficient (Wildman–Crippen LogP) is 3.50. The number of thioether (sulfide) groups is 1. The number of anilines is 1. The molecule has 0 aliphatic carbocycles. The van der Waals surface area contributed by atoms with Crippen LogP contribution in [0.2, 0.25) is 5.02 Å². The number of nitrogens with zero attached hydrogens (tertiary/aromatic N) is 2. The van der Waals surface area contributed by atoms with Gasteiger partial charge in [0.15, 0.2) is 0 Å². The fraction of sp³-hybridized carbons (Fsp3) is 0.714. The Hall–Kier alpha value is -0.680. The summed E-state index contributed by atoms with van der Waals surface area (Å²) in [5.41, 5.74) is 0.408. The molecule has 0 aliphatic rings. The Morgan fingerprint density at radius 2 is 2.15 bits per heavy atom. The van der Waals surface area contributed by atoms with Gasteiger partial charge in [0, 0.05) is 12.6 Å². The van der Waals surface area contributed by atoms with Crippen molar-refractivity contribution in [3.05, 3.63) is 21.6 Å². The van der Waals surface area contributed by atoms with Gasteiger partial charge in [-0.1, -0.05) is 32.4 Å². The average molecular weight is 318 g/mol. The van der Waals surface area contributed by atoms with Crippen LogP contribution in [-0.4, -0.2) is 27.3 Å². The van der Waals surface area contributed by atoms with Gasteiger partial charge in [-0.3, -0.25) is 4.79 Å². The van der Waals surface area contributed by atoms with E-state index < -0.39 is 0 Å². The maximum atomic E-state index is 12.1. The van der Waals surface area contributed by atoms with Crippen molar-refractivity contribution in [1.29, 1.82) is 0 Å². The first-order valence-corrected chi connectivity index (χ1v) is 8.58. The molecule has 1 rings (SSSR count). The van der Waals surface area contributed by atoms with Crippen molar-refractivity contribution in [1.82, 2.24) is 9.78 Å². The molecule has 114 valence electrons. The third-order valence-electron chi connectivity index (χ3n) is 2.82. The highest BCUT2D eigenvalue weighted by Crippen LogP contribution is 2.18. The van der Waals surface area contributed by atoms with Crippen LogP contribution in [0, 0.1) is 5.92 Å². The number of rotatable bonds is 8. The van der Waals surface area contributed by atoms with Gasteiger partial charge in [0.25, 0.3) is 5.56 Å². The minimum absolute atomic E-state index is 0.222. The Morgan fingerprint density at radius 3 is 2.75 bits per heavy atom. The zero-order valence-corrected chi connectivity index (χ0v) is 14.2. The first-order chi connectivity index (χ1) is 9.45. The Bertz CT molecular complexity index is 476. The molecular formula is C14H24ClN3OS. The summed E-state index contributed by atoms with van der Waals surface area (Å²) in [7, 11) is 0. The summed E-state index contributed by atoms with van der Waals surface area (Å²) in [5.74, 6) is 2.58. The molecule has 6 heteroatoms. The smallest absolute Gasteiger partial charge is 0.287 e. The summed E-state index contributed by atoms with van der Waals surface area (Å²) < 4.78 is 1.43. The first-order valence-electron chi connectivity index (χ1n) is 7.05. The molecule has 4 nitrogen and oxygen atoms in total. The average Bonchev–Trinajstić information content (AvgIpc) is 2.38. The lowest BCUT2D eigenvalue weighted by molar-refractivity contribution is 0.464. The van der Waals surface area contributed by atoms with Crippen molar-refractivity contribution in [2.75, 3.05) is 16.8 Å². The predicted molar refractivity (Wildman–Crippen MR) is 89.0 cm³/mol. The van der Waals surface area contributed by atoms with Crippen molar-refractivity contribution in [3.8, 4) is 0 Å². The molecular weight excluding hydrogens is 294 g/mol. The summed E-state index contributed by atoms with van der Waals surface area (Å²) in [6.07, 6.45) is 2.68. The van der Waals surface area contributed by atoms with Gasteiger partial charge in [0.2, 0.25) is 0 Å². The summed E-state index contributed by atoms with van der Waals surface area (Å²) in [6.45, 7) is 8.91. The highest BCUT2D eigenvalue weighted by atomic mass is 35.5. The minimum Gasteiger partial charge on any atom is -0.380 e. The van der Waals surface area contributed by atoms with E-state index in [1.165, 1.54) is 4.68 Å². The maximum absolute atomic E-state index is 12.1. The Kier molecular flexibility index (Phi) is 7.45. The molecule has 1 aromatic rings. The molecule has 0 aromatic carbocycles. The molecule has 0 fully saturated rings. The van der Waals surface area contributed by atoms with E-state index in [1.807, 2.05) is 25.6 Å². The highest BCUT2D eigenvalue weighted by molar-refractivity contribution is 7.99. The summed E-state index contributed by atoms with van der Waals surface area (Å²) in [5, 5.41) is 7.68. The fourth-order valence-corrected chi connectivity index (χ4v) is 2.79. The number of aromatic nitrogens is 2. The summed E-state index contributed by atoms with van der Waals surface area (Å²) in [6, 6.07) is 0.272. The van der Waals surface area contributed by atoms with Gasteiger partial charge in [0.1, 0.15) is 5.02 Å². The standard InChI is InChI=1S/C14H24ClN3OS/c1-5-20-7-6-11(4)17-12-8-16-18(9-10(2)3)14(19)13(12)15/h8,10-11,17H,5-7,9H2,1-4H3. The maximum Gasteiger partial charge on any atom is 0.287 e. The second kappa shape index (κ2) is 8.57. The molecule has 1 aromatic heterocycles. The van der Waals surface area contributed by atoms with Gasteiger partial charge < -0.3 is 5.32 Å². The van der Waals surface area contributed by atoms with E-state index in [0.29, 0.717) is 18.2 Å². The van der Waals surface area contributed by atoms with E-state index in [9.17, 15) is 4.79 Å². The van der Waals surface area contributed by atoms with Gasteiger partial charge in [-0.05, 0) is 30.8 Å². The molecule has 1 N–H and O–H groups in total. The van der Waals surface area contributed by atoms with E-state index in [0.717, 1.165) is 17.9 Å². The van der Waals surface area contributed by atoms with Crippen LogP contribution in [0.5, 0.6) is 0 Å². The van der Waals surface area contributed by atoms with E-state index in [4.69, 9.17) is 11.6 Å². The molecule has 20 heavy (non-hydrogen) atoms. The summed E-state index contributed by atoms with van der Waals surface area (Å²) >= 11 is 8.06. The Balaban J connectivity index is 2.72. The van der Waals surface area contributed by atoms with Crippen LogP contribution < -0.4 is 10.9 Å². The molecule has 1 atom stereocenters. The fourth-order valence-electron chi connectivity index (χ4n) is 1.78. The van der Waals surface area contributed by atoms with E-state index >= 15 is 0 Å². The molecule has 0 bridgehead atoms. The van der Waals surface area contributed by atoms with E-state index in [2.05, 4.69) is 24.3 Å². The van der Waals surface area contributed by atoms with Crippen LogP contribution in [0.3, 0.4) is 0 Å². The van der Waals surface area contributed by atoms with Crippen LogP contribution >= 0.6 is 23.4 Å². The molecule has 1 heterocycles. The van der Waals surface area contributed by atoms with Crippen molar-refractivity contribution >= 4 is 29.1 Å². The van der Waals surface area contributed by atoms with Crippen molar-refractivity contribution in [2.45, 2.75) is 46.7 Å². The topological polar surface area (TPSA) is 46.9 Å². The Morgan fingerprint density at radius 1 is 1.45 bits per heavy atom. The molecule has 0 saturated heterocycles. The second-order valence-electron chi connectivity index (χ2n) is 5.28. The van der Waals surface area contributed by atoms with Crippen LogP contribution in [-0.2, 0) is 6.54 Å². The SMILES string of the molecule is CCSCCC(C)Nc1cnn(CC(C)C)c(=O)c1Cl. The van der Waals surface area contributed by atoms with Gasteiger partial charge >= 0.3 is 0 Å². The first kappa shape index (κ1) is 17.4. The van der Waals surface area contributed by atoms with Gasteiger partial charge in [-0.15, -0.1) is 0 Å². The van der Waals surface area contributed by atoms with Gasteiger partial charge in [0.05, 0.1) is 11.9 Å². The lowest BCUT2D eigenvalue weighted by Gasteiger charge is -2.16. The lowest BCUT2D eigenvalue weighted by Crippen LogP contribution is -2.27. The molecule has 0 saturated carbocycles. The van der Waals surface area contributed by atoms with Crippen LogP contribution in [0.15, 0.2) is 11.0 Å². The van der Waals surface area contributed by atoms with E-state index in [-0.39, 0.29) is 16.6 Å². The number of nitrogens with one attached hydrogen (secondary N) is 1. The van der Waals surface area contributed by atoms with Crippen LogP contribution in [0.1, 0.15) is 34.1 Å². The monoisotopic (exact) mass is 317 g/mol. The largest absolute Gasteiger partial charge is 0.380 e. The quantitative estimate of drug-likeness (QED) is 0.745. The highest BCUT2D eigenvalue weighted by Gasteiger charge is 2.12. The third kappa shape index (κ3) is 5.37. The van der Waals surface area contributed by atoms with Crippen molar-refractivity contribution < 1.29 is 0 Å². The molecule has 0 spiro atoms. The zero-order valence-electron chi connectivity index (χ0n) is 12.6. The van der Waals surface area contributed by atoms with Crippen molar-refractivity contribution in [3.63, 3.8) is 0 Å². The number of hydrogen-bond donors (Lipinski definition) is 1. The molecule has 0 radical (unpaired) electrons. The molecule has 0 aliphatic heterocycles. The van der Waals surface area contributed by atoms with Gasteiger partial charge in [-0.2, -0.15) is 16.9 Å². The number of halogens is 1. The number of hydrogen-bond acceptors (Lipinski definition) is 4. The molecule has 0 amide bonds. The van der Waals surface area contributed by atoms with E-state index in [1.54, 1.807) is 6.20 Å².